The Morgan fingerprint density at radius 1 is 1.18 bits per heavy atom. The van der Waals surface area contributed by atoms with E-state index in [0.29, 0.717) is 5.75 Å². The van der Waals surface area contributed by atoms with Crippen molar-refractivity contribution in [1.29, 1.82) is 0 Å². The molecule has 1 aromatic carbocycles. The maximum Gasteiger partial charge on any atom is 0.343 e. The predicted octanol–water partition coefficient (Wildman–Crippen LogP) is 0.990. The Bertz CT molecular complexity index is 751. The molecule has 0 aliphatic heterocycles. The number of nitrogens with zero attached hydrogens (tertiary/aromatic N) is 1. The van der Waals surface area contributed by atoms with E-state index in [1.54, 1.807) is 13.8 Å². The Morgan fingerprint density at radius 3 is 2.25 bits per heavy atom. The molecule has 0 spiro atoms. The van der Waals surface area contributed by atoms with Crippen molar-refractivity contribution in [3.8, 4) is 5.75 Å². The third-order valence-corrected chi connectivity index (χ3v) is 5.80. The van der Waals surface area contributed by atoms with Gasteiger partial charge in [0.05, 0.1) is 4.90 Å². The minimum Gasteiger partial charge on any atom is -0.490 e. The molecule has 1 aromatic rings. The zero-order valence-electron chi connectivity index (χ0n) is 16.0. The molecule has 1 rings (SSSR count). The number of nitrogens with two attached hydrogens (primary N) is 1. The smallest absolute Gasteiger partial charge is 0.343 e. The Kier molecular flexibility index (Phi) is 9.73. The highest BCUT2D eigenvalue weighted by molar-refractivity contribution is 7.89. The Balaban J connectivity index is 3.03. The normalized spacial score (nSPS) is 12.7. The Labute approximate surface area is 170 Å². The topological polar surface area (TPSA) is 125 Å². The van der Waals surface area contributed by atoms with E-state index in [4.69, 9.17) is 15.4 Å². The molecule has 158 valence electrons. The van der Waals surface area contributed by atoms with Gasteiger partial charge >= 0.3 is 11.9 Å². The van der Waals surface area contributed by atoms with E-state index in [2.05, 4.69) is 17.5 Å². The fourth-order valence-corrected chi connectivity index (χ4v) is 4.55. The first kappa shape index (κ1) is 24.2. The van der Waals surface area contributed by atoms with E-state index in [1.165, 1.54) is 31.2 Å². The molecule has 2 N–H and O–H groups in total. The summed E-state index contributed by atoms with van der Waals surface area (Å²) in [5.74, 6) is 3.98. The van der Waals surface area contributed by atoms with Crippen molar-refractivity contribution in [2.45, 2.75) is 31.7 Å². The Hall–Kier alpha value is -1.82. The van der Waals surface area contributed by atoms with Gasteiger partial charge in [0.15, 0.2) is 0 Å². The molecule has 0 saturated heterocycles. The van der Waals surface area contributed by atoms with Gasteiger partial charge < -0.3 is 14.3 Å². The molecule has 0 bridgehead atoms. The molecule has 11 heteroatoms. The Morgan fingerprint density at radius 2 is 1.79 bits per heavy atom. The van der Waals surface area contributed by atoms with Crippen LogP contribution >= 0.6 is 12.6 Å². The summed E-state index contributed by atoms with van der Waals surface area (Å²) in [5, 5.41) is 0. The minimum atomic E-state index is -4.01. The van der Waals surface area contributed by atoms with Crippen LogP contribution in [0, 0.1) is 5.92 Å². The fraction of sp³-hybridized carbons (Fsp3) is 0.529. The van der Waals surface area contributed by atoms with Crippen molar-refractivity contribution >= 4 is 34.6 Å². The summed E-state index contributed by atoms with van der Waals surface area (Å²) in [4.78, 5) is 27.0. The van der Waals surface area contributed by atoms with Crippen LogP contribution in [0.4, 0.5) is 0 Å². The second-order valence-corrected chi connectivity index (χ2v) is 8.46. The zero-order valence-corrected chi connectivity index (χ0v) is 17.7. The molecule has 0 aliphatic carbocycles. The van der Waals surface area contributed by atoms with Crippen molar-refractivity contribution in [1.82, 2.24) is 4.31 Å². The van der Waals surface area contributed by atoms with Gasteiger partial charge in [-0.1, -0.05) is 13.8 Å². The standard InChI is InChI=1S/C17H26N2O7S2/c1-12(2)16(17(21)26-18)19(8-11-27)28(22,23)15-6-4-14(5-7-15)25-10-9-24-13(3)20/h4-7,12,16,27H,8-11,18H2,1-3H3. The molecular formula is C17H26N2O7S2. The summed E-state index contributed by atoms with van der Waals surface area (Å²) < 4.78 is 37.3. The van der Waals surface area contributed by atoms with E-state index in [1.807, 2.05) is 0 Å². The maximum absolute atomic E-state index is 13.1. The van der Waals surface area contributed by atoms with Crippen LogP contribution in [0.15, 0.2) is 29.2 Å². The van der Waals surface area contributed by atoms with E-state index in [9.17, 15) is 18.0 Å². The summed E-state index contributed by atoms with van der Waals surface area (Å²) in [6.07, 6.45) is 0. The second kappa shape index (κ2) is 11.2. The summed E-state index contributed by atoms with van der Waals surface area (Å²) in [5.41, 5.74) is 0. The highest BCUT2D eigenvalue weighted by atomic mass is 32.2. The van der Waals surface area contributed by atoms with Crippen molar-refractivity contribution in [3.05, 3.63) is 24.3 Å². The van der Waals surface area contributed by atoms with Crippen LogP contribution < -0.4 is 10.6 Å². The van der Waals surface area contributed by atoms with Crippen LogP contribution in [-0.2, 0) is 29.2 Å². The quantitative estimate of drug-likeness (QED) is 0.229. The third-order valence-electron chi connectivity index (χ3n) is 3.71. The van der Waals surface area contributed by atoms with E-state index < -0.39 is 28.0 Å². The molecule has 0 saturated carbocycles. The minimum absolute atomic E-state index is 0.00400. The average Bonchev–Trinajstić information content (AvgIpc) is 2.64. The van der Waals surface area contributed by atoms with E-state index in [-0.39, 0.29) is 36.3 Å². The van der Waals surface area contributed by atoms with Crippen LogP contribution in [0.2, 0.25) is 0 Å². The van der Waals surface area contributed by atoms with Gasteiger partial charge in [0.2, 0.25) is 10.0 Å². The lowest BCUT2D eigenvalue weighted by Crippen LogP contribution is -2.50. The lowest BCUT2D eigenvalue weighted by molar-refractivity contribution is -0.150. The van der Waals surface area contributed by atoms with Crippen molar-refractivity contribution in [2.75, 3.05) is 25.5 Å². The first-order valence-electron chi connectivity index (χ1n) is 8.54. The molecule has 0 heterocycles. The van der Waals surface area contributed by atoms with Gasteiger partial charge in [-0.3, -0.25) is 4.79 Å². The largest absolute Gasteiger partial charge is 0.490 e. The summed E-state index contributed by atoms with van der Waals surface area (Å²) >= 11 is 4.10. The number of rotatable bonds is 11. The molecular weight excluding hydrogens is 408 g/mol. The van der Waals surface area contributed by atoms with Crippen LogP contribution in [0.1, 0.15) is 20.8 Å². The molecule has 1 atom stereocenters. The van der Waals surface area contributed by atoms with Gasteiger partial charge in [-0.2, -0.15) is 22.8 Å². The number of hydrogen-bond donors (Lipinski definition) is 2. The third kappa shape index (κ3) is 6.66. The first-order valence-corrected chi connectivity index (χ1v) is 10.6. The molecule has 0 amide bonds. The SMILES string of the molecule is CC(=O)OCCOc1ccc(S(=O)(=O)N(CCS)C(C(=O)ON)C(C)C)cc1. The van der Waals surface area contributed by atoms with Crippen molar-refractivity contribution in [2.24, 2.45) is 11.8 Å². The maximum atomic E-state index is 13.1. The molecule has 1 unspecified atom stereocenters. The number of ether oxygens (including phenoxy) is 2. The molecule has 9 nitrogen and oxygen atoms in total. The highest BCUT2D eigenvalue weighted by Crippen LogP contribution is 2.24. The number of carbonyl (C=O) groups excluding carboxylic acids is 2. The van der Waals surface area contributed by atoms with Gasteiger partial charge in [0.1, 0.15) is 25.0 Å². The molecule has 0 fully saturated rings. The summed E-state index contributed by atoms with van der Waals surface area (Å²) in [7, 11) is -4.01. The number of sulfonamides is 1. The molecule has 0 aliphatic rings. The van der Waals surface area contributed by atoms with Gasteiger partial charge in [-0.15, -0.1) is 0 Å². The lowest BCUT2D eigenvalue weighted by Gasteiger charge is -2.30. The predicted molar refractivity (Wildman–Crippen MR) is 105 cm³/mol. The molecule has 0 radical (unpaired) electrons. The molecule has 28 heavy (non-hydrogen) atoms. The van der Waals surface area contributed by atoms with Crippen molar-refractivity contribution < 1.29 is 32.3 Å². The monoisotopic (exact) mass is 434 g/mol. The number of carbonyl (C=O) groups is 2. The number of esters is 1. The van der Waals surface area contributed by atoms with Crippen molar-refractivity contribution in [3.63, 3.8) is 0 Å². The van der Waals surface area contributed by atoms with Crippen LogP contribution in [0.5, 0.6) is 5.75 Å². The van der Waals surface area contributed by atoms with Gasteiger partial charge in [0, 0.05) is 19.2 Å². The fourth-order valence-electron chi connectivity index (χ4n) is 2.49. The van der Waals surface area contributed by atoms with Gasteiger partial charge in [0.25, 0.3) is 0 Å². The van der Waals surface area contributed by atoms with Gasteiger partial charge in [-0.05, 0) is 30.2 Å². The van der Waals surface area contributed by atoms with Gasteiger partial charge in [-0.25, -0.2) is 13.2 Å². The highest BCUT2D eigenvalue weighted by Gasteiger charge is 2.38. The molecule has 0 aromatic heterocycles. The van der Waals surface area contributed by atoms with E-state index >= 15 is 0 Å². The van der Waals surface area contributed by atoms with Crippen LogP contribution in [0.3, 0.4) is 0 Å². The number of hydrogen-bond acceptors (Lipinski definition) is 9. The second-order valence-electron chi connectivity index (χ2n) is 6.13. The lowest BCUT2D eigenvalue weighted by atomic mass is 10.1. The van der Waals surface area contributed by atoms with E-state index in [0.717, 1.165) is 4.31 Å². The summed E-state index contributed by atoms with van der Waals surface area (Å²) in [6.45, 7) is 4.91. The number of benzene rings is 1. The van der Waals surface area contributed by atoms with Crippen LogP contribution in [0.25, 0.3) is 0 Å². The average molecular weight is 435 g/mol. The van der Waals surface area contributed by atoms with Crippen LogP contribution in [-0.4, -0.2) is 56.2 Å². The first-order chi connectivity index (χ1) is 13.1. The summed E-state index contributed by atoms with van der Waals surface area (Å²) in [6, 6.07) is 4.61. The zero-order chi connectivity index (χ0) is 21.3. The number of thiol groups is 1.